The number of rotatable bonds is 5. The maximum atomic E-state index is 6.17. The second kappa shape index (κ2) is 6.72. The summed E-state index contributed by atoms with van der Waals surface area (Å²) in [6.45, 7) is 11.4. The zero-order valence-electron chi connectivity index (χ0n) is 13.5. The topological polar surface area (TPSA) is 34.2 Å². The fourth-order valence-electron chi connectivity index (χ4n) is 2.41. The van der Waals surface area contributed by atoms with Crippen molar-refractivity contribution in [3.8, 4) is 11.6 Å². The Balaban J connectivity index is 2.39. The highest BCUT2D eigenvalue weighted by Crippen LogP contribution is 2.32. The van der Waals surface area contributed by atoms with Crippen LogP contribution in [0.4, 0.5) is 0 Å². The summed E-state index contributed by atoms with van der Waals surface area (Å²) >= 11 is 0. The van der Waals surface area contributed by atoms with Crippen molar-refractivity contribution < 1.29 is 4.74 Å². The largest absolute Gasteiger partial charge is 0.438 e. The van der Waals surface area contributed by atoms with Gasteiger partial charge in [0.25, 0.3) is 0 Å². The number of pyridine rings is 1. The number of ether oxygens (including phenoxy) is 1. The van der Waals surface area contributed by atoms with Crippen molar-refractivity contribution in [3.05, 3.63) is 52.7 Å². The van der Waals surface area contributed by atoms with Gasteiger partial charge in [0.15, 0.2) is 0 Å². The van der Waals surface area contributed by atoms with Gasteiger partial charge in [-0.15, -0.1) is 0 Å². The number of aryl methyl sites for hydroxylation is 2. The molecule has 0 amide bonds. The Morgan fingerprint density at radius 1 is 1.14 bits per heavy atom. The van der Waals surface area contributed by atoms with E-state index in [4.69, 9.17) is 4.74 Å². The van der Waals surface area contributed by atoms with Crippen molar-refractivity contribution in [3.63, 3.8) is 0 Å². The van der Waals surface area contributed by atoms with Crippen LogP contribution in [-0.2, 0) is 0 Å². The quantitative estimate of drug-likeness (QED) is 0.879. The molecule has 1 atom stereocenters. The molecule has 0 bridgehead atoms. The first-order valence-corrected chi connectivity index (χ1v) is 7.47. The predicted molar refractivity (Wildman–Crippen MR) is 87.1 cm³/mol. The Bertz CT molecular complexity index is 623. The average molecular weight is 284 g/mol. The zero-order valence-corrected chi connectivity index (χ0v) is 13.5. The molecule has 0 aliphatic rings. The molecule has 0 aliphatic carbocycles. The SMILES string of the molecule is CCNC(C)c1cccnc1Oc1c(C)ccc(C)c1C. The normalized spacial score (nSPS) is 12.2. The lowest BCUT2D eigenvalue weighted by molar-refractivity contribution is 0.438. The molecule has 3 nitrogen and oxygen atoms in total. The molecule has 2 aromatic rings. The molecule has 3 heteroatoms. The van der Waals surface area contributed by atoms with E-state index in [0.717, 1.165) is 23.4 Å². The summed E-state index contributed by atoms with van der Waals surface area (Å²) in [4.78, 5) is 4.43. The fraction of sp³-hybridized carbons (Fsp3) is 0.389. The van der Waals surface area contributed by atoms with Gasteiger partial charge in [0, 0.05) is 17.8 Å². The Hall–Kier alpha value is -1.87. The van der Waals surface area contributed by atoms with E-state index in [-0.39, 0.29) is 6.04 Å². The highest BCUT2D eigenvalue weighted by atomic mass is 16.5. The Morgan fingerprint density at radius 3 is 2.57 bits per heavy atom. The first-order chi connectivity index (χ1) is 10.0. The highest BCUT2D eigenvalue weighted by molar-refractivity contribution is 5.47. The van der Waals surface area contributed by atoms with Crippen molar-refractivity contribution in [1.29, 1.82) is 0 Å². The minimum atomic E-state index is 0.212. The molecule has 1 aromatic heterocycles. The molecule has 1 aromatic carbocycles. The van der Waals surface area contributed by atoms with Crippen LogP contribution in [0.15, 0.2) is 30.5 Å². The molecule has 0 spiro atoms. The molecule has 1 heterocycles. The van der Waals surface area contributed by atoms with Gasteiger partial charge in [-0.3, -0.25) is 0 Å². The van der Waals surface area contributed by atoms with Crippen LogP contribution >= 0.6 is 0 Å². The molecule has 0 radical (unpaired) electrons. The minimum absolute atomic E-state index is 0.212. The second-order valence-electron chi connectivity index (χ2n) is 5.43. The number of nitrogens with one attached hydrogen (secondary N) is 1. The third kappa shape index (κ3) is 3.42. The first-order valence-electron chi connectivity index (χ1n) is 7.47. The number of benzene rings is 1. The summed E-state index contributed by atoms with van der Waals surface area (Å²) < 4.78 is 6.17. The predicted octanol–water partition coefficient (Wildman–Crippen LogP) is 4.47. The van der Waals surface area contributed by atoms with Crippen LogP contribution in [-0.4, -0.2) is 11.5 Å². The van der Waals surface area contributed by atoms with E-state index in [1.54, 1.807) is 6.20 Å². The Kier molecular flexibility index (Phi) is 4.97. The number of nitrogens with zero attached hydrogens (tertiary/aromatic N) is 1. The van der Waals surface area contributed by atoms with Crippen LogP contribution in [0.2, 0.25) is 0 Å². The van der Waals surface area contributed by atoms with Crippen molar-refractivity contribution in [2.75, 3.05) is 6.54 Å². The second-order valence-corrected chi connectivity index (χ2v) is 5.43. The third-order valence-corrected chi connectivity index (χ3v) is 3.85. The van der Waals surface area contributed by atoms with Crippen LogP contribution in [0, 0.1) is 20.8 Å². The van der Waals surface area contributed by atoms with Gasteiger partial charge in [0.05, 0.1) is 0 Å². The maximum absolute atomic E-state index is 6.17. The Morgan fingerprint density at radius 2 is 1.86 bits per heavy atom. The summed E-state index contributed by atoms with van der Waals surface area (Å²) in [7, 11) is 0. The molecular weight excluding hydrogens is 260 g/mol. The van der Waals surface area contributed by atoms with E-state index >= 15 is 0 Å². The van der Waals surface area contributed by atoms with Gasteiger partial charge < -0.3 is 10.1 Å². The van der Waals surface area contributed by atoms with Gasteiger partial charge in [-0.2, -0.15) is 0 Å². The maximum Gasteiger partial charge on any atom is 0.224 e. The fourth-order valence-corrected chi connectivity index (χ4v) is 2.41. The highest BCUT2D eigenvalue weighted by Gasteiger charge is 2.15. The number of aromatic nitrogens is 1. The van der Waals surface area contributed by atoms with Gasteiger partial charge in [-0.1, -0.05) is 25.1 Å². The van der Waals surface area contributed by atoms with E-state index in [9.17, 15) is 0 Å². The molecule has 21 heavy (non-hydrogen) atoms. The lowest BCUT2D eigenvalue weighted by Gasteiger charge is -2.18. The van der Waals surface area contributed by atoms with Crippen LogP contribution in [0.1, 0.15) is 42.1 Å². The molecule has 0 saturated carbocycles. The lowest BCUT2D eigenvalue weighted by atomic mass is 10.1. The lowest BCUT2D eigenvalue weighted by Crippen LogP contribution is -2.18. The van der Waals surface area contributed by atoms with E-state index in [2.05, 4.69) is 63.1 Å². The van der Waals surface area contributed by atoms with Crippen LogP contribution < -0.4 is 10.1 Å². The molecule has 0 aliphatic heterocycles. The van der Waals surface area contributed by atoms with Crippen molar-refractivity contribution in [2.45, 2.75) is 40.7 Å². The van der Waals surface area contributed by atoms with Gasteiger partial charge >= 0.3 is 0 Å². The summed E-state index contributed by atoms with van der Waals surface area (Å²) in [5, 5.41) is 3.41. The molecule has 2 rings (SSSR count). The van der Waals surface area contributed by atoms with Gasteiger partial charge in [0.2, 0.25) is 5.88 Å². The van der Waals surface area contributed by atoms with E-state index in [1.165, 1.54) is 11.1 Å². The number of hydrogen-bond donors (Lipinski definition) is 1. The van der Waals surface area contributed by atoms with Crippen molar-refractivity contribution in [2.24, 2.45) is 0 Å². The molecule has 0 saturated heterocycles. The summed E-state index contributed by atoms with van der Waals surface area (Å²) in [5.74, 6) is 1.60. The van der Waals surface area contributed by atoms with Crippen LogP contribution in [0.5, 0.6) is 11.6 Å². The smallest absolute Gasteiger partial charge is 0.224 e. The number of hydrogen-bond acceptors (Lipinski definition) is 3. The molecule has 0 fully saturated rings. The van der Waals surface area contributed by atoms with Gasteiger partial charge in [-0.25, -0.2) is 4.98 Å². The van der Waals surface area contributed by atoms with Crippen molar-refractivity contribution >= 4 is 0 Å². The third-order valence-electron chi connectivity index (χ3n) is 3.85. The van der Waals surface area contributed by atoms with Crippen LogP contribution in [0.25, 0.3) is 0 Å². The van der Waals surface area contributed by atoms with Gasteiger partial charge in [-0.05, 0) is 57.0 Å². The van der Waals surface area contributed by atoms with Crippen molar-refractivity contribution in [1.82, 2.24) is 10.3 Å². The molecule has 112 valence electrons. The molecule has 1 N–H and O–H groups in total. The molecule has 1 unspecified atom stereocenters. The zero-order chi connectivity index (χ0) is 15.4. The average Bonchev–Trinajstić information content (AvgIpc) is 2.48. The monoisotopic (exact) mass is 284 g/mol. The summed E-state index contributed by atoms with van der Waals surface area (Å²) in [6.07, 6.45) is 1.78. The van der Waals surface area contributed by atoms with E-state index < -0.39 is 0 Å². The first kappa shape index (κ1) is 15.5. The summed E-state index contributed by atoms with van der Waals surface area (Å²) in [6, 6.07) is 8.44. The van der Waals surface area contributed by atoms with Gasteiger partial charge in [0.1, 0.15) is 5.75 Å². The van der Waals surface area contributed by atoms with E-state index in [1.807, 2.05) is 6.07 Å². The Labute approximate surface area is 127 Å². The van der Waals surface area contributed by atoms with E-state index in [0.29, 0.717) is 5.88 Å². The minimum Gasteiger partial charge on any atom is -0.438 e. The van der Waals surface area contributed by atoms with Crippen LogP contribution in [0.3, 0.4) is 0 Å². The molecular formula is C18H24N2O. The summed E-state index contributed by atoms with van der Waals surface area (Å²) in [5.41, 5.74) is 4.61. The standard InChI is InChI=1S/C18H24N2O/c1-6-19-15(5)16-8-7-11-20-18(16)21-17-13(3)10-9-12(2)14(17)4/h7-11,15,19H,6H2,1-5H3.